The van der Waals surface area contributed by atoms with Crippen LogP contribution in [0.1, 0.15) is 23.7 Å². The first kappa shape index (κ1) is 10.8. The molecule has 2 N–H and O–H groups in total. The van der Waals surface area contributed by atoms with E-state index < -0.39 is 7.32 Å². The molecule has 1 aromatic rings. The number of ketones is 1. The molecule has 0 heterocycles. The minimum absolute atomic E-state index is 0.0427. The summed E-state index contributed by atoms with van der Waals surface area (Å²) in [5.41, 5.74) is 0.590. The second-order valence-corrected chi connectivity index (χ2v) is 2.75. The molecule has 0 aliphatic heterocycles. The summed E-state index contributed by atoms with van der Waals surface area (Å²) in [6.07, 6.45) is 0.447. The molecule has 0 fully saturated rings. The maximum Gasteiger partial charge on any atom is 0.707 e. The van der Waals surface area contributed by atoms with Gasteiger partial charge in [0.25, 0.3) is 0 Å². The predicted octanol–water partition coefficient (Wildman–Crippen LogP) is 0.628. The van der Waals surface area contributed by atoms with Gasteiger partial charge in [-0.2, -0.15) is 0 Å². The van der Waals surface area contributed by atoms with Crippen LogP contribution in [-0.2, 0) is 0 Å². The Labute approximate surface area is 82.3 Å². The second kappa shape index (κ2) is 4.78. The van der Waals surface area contributed by atoms with Gasteiger partial charge in [0.05, 0.1) is 0 Å². The van der Waals surface area contributed by atoms with E-state index in [1.54, 1.807) is 19.1 Å². The molecule has 14 heavy (non-hydrogen) atoms. The molecule has 0 aromatic heterocycles. The summed E-state index contributed by atoms with van der Waals surface area (Å²) in [6, 6.07) is 6.21. The van der Waals surface area contributed by atoms with Crippen LogP contribution in [0.4, 0.5) is 0 Å². The normalized spacial score (nSPS) is 9.64. The Morgan fingerprint density at radius 2 is 1.93 bits per heavy atom. The van der Waals surface area contributed by atoms with Crippen molar-refractivity contribution in [3.05, 3.63) is 29.8 Å². The number of Topliss-reactive ketones (excluding diaryl/α,β-unsaturated/α-hetero) is 1. The third-order valence-electron chi connectivity index (χ3n) is 1.74. The standard InChI is InChI=1S/C9H11BO4/c1-2-9(11)7-3-5-8(6-4-7)14-10(12)13/h3-6,12-13H,2H2,1H3. The van der Waals surface area contributed by atoms with E-state index in [4.69, 9.17) is 10.0 Å². The van der Waals surface area contributed by atoms with Gasteiger partial charge in [0, 0.05) is 12.0 Å². The van der Waals surface area contributed by atoms with Crippen LogP contribution in [0.25, 0.3) is 0 Å². The highest BCUT2D eigenvalue weighted by Crippen LogP contribution is 2.13. The molecule has 0 radical (unpaired) electrons. The predicted molar refractivity (Wildman–Crippen MR) is 51.9 cm³/mol. The lowest BCUT2D eigenvalue weighted by Gasteiger charge is -2.04. The van der Waals surface area contributed by atoms with Crippen molar-refractivity contribution in [3.8, 4) is 5.75 Å². The number of carbonyl (C=O) groups is 1. The van der Waals surface area contributed by atoms with Crippen LogP contribution >= 0.6 is 0 Å². The summed E-state index contributed by atoms with van der Waals surface area (Å²) in [4.78, 5) is 11.2. The Morgan fingerprint density at radius 1 is 1.36 bits per heavy atom. The Bertz CT molecular complexity index is 307. The zero-order chi connectivity index (χ0) is 10.6. The van der Waals surface area contributed by atoms with Gasteiger partial charge in [-0.25, -0.2) is 0 Å². The fourth-order valence-corrected chi connectivity index (χ4v) is 1.05. The molecular weight excluding hydrogens is 183 g/mol. The van der Waals surface area contributed by atoms with Crippen molar-refractivity contribution in [1.29, 1.82) is 0 Å². The summed E-state index contributed by atoms with van der Waals surface area (Å²) in [7, 11) is -1.83. The van der Waals surface area contributed by atoms with Gasteiger partial charge in [0.1, 0.15) is 5.75 Å². The van der Waals surface area contributed by atoms with E-state index in [0.717, 1.165) is 0 Å². The Kier molecular flexibility index (Phi) is 3.68. The van der Waals surface area contributed by atoms with Crippen LogP contribution in [0.15, 0.2) is 24.3 Å². The van der Waals surface area contributed by atoms with E-state index in [2.05, 4.69) is 4.65 Å². The molecule has 0 unspecified atom stereocenters. The average molecular weight is 194 g/mol. The molecule has 74 valence electrons. The molecule has 1 aromatic carbocycles. The van der Waals surface area contributed by atoms with Crippen molar-refractivity contribution in [2.24, 2.45) is 0 Å². The molecule has 0 amide bonds. The molecule has 1 rings (SSSR count). The van der Waals surface area contributed by atoms with Crippen LogP contribution in [0, 0.1) is 0 Å². The van der Waals surface area contributed by atoms with Gasteiger partial charge in [0.15, 0.2) is 5.78 Å². The molecule has 0 bridgehead atoms. The summed E-state index contributed by atoms with van der Waals surface area (Å²) >= 11 is 0. The molecule has 0 saturated heterocycles. The minimum Gasteiger partial charge on any atom is -0.512 e. The number of hydrogen-bond donors (Lipinski definition) is 2. The summed E-state index contributed by atoms with van der Waals surface area (Å²) < 4.78 is 4.58. The largest absolute Gasteiger partial charge is 0.707 e. The van der Waals surface area contributed by atoms with Crippen molar-refractivity contribution >= 4 is 13.1 Å². The topological polar surface area (TPSA) is 66.8 Å². The van der Waals surface area contributed by atoms with E-state index in [-0.39, 0.29) is 5.78 Å². The number of rotatable bonds is 4. The molecule has 0 atom stereocenters. The lowest BCUT2D eigenvalue weighted by atomic mass is 10.1. The minimum atomic E-state index is -1.83. The Balaban J connectivity index is 2.73. The van der Waals surface area contributed by atoms with Crippen LogP contribution in [0.2, 0.25) is 0 Å². The van der Waals surface area contributed by atoms with Gasteiger partial charge in [-0.3, -0.25) is 4.79 Å². The lowest BCUT2D eigenvalue weighted by molar-refractivity contribution is 0.0988. The van der Waals surface area contributed by atoms with Gasteiger partial charge >= 0.3 is 7.32 Å². The Hall–Kier alpha value is -1.33. The Morgan fingerprint density at radius 3 is 2.36 bits per heavy atom. The second-order valence-electron chi connectivity index (χ2n) is 2.75. The van der Waals surface area contributed by atoms with E-state index in [9.17, 15) is 4.79 Å². The number of hydrogen-bond acceptors (Lipinski definition) is 4. The average Bonchev–Trinajstić information content (AvgIpc) is 2.17. The first-order valence-electron chi connectivity index (χ1n) is 4.29. The lowest BCUT2D eigenvalue weighted by Crippen LogP contribution is -2.20. The molecule has 0 spiro atoms. The maximum atomic E-state index is 11.2. The summed E-state index contributed by atoms with van der Waals surface area (Å²) in [5.74, 6) is 0.355. The van der Waals surface area contributed by atoms with E-state index in [1.807, 2.05) is 0 Å². The third-order valence-corrected chi connectivity index (χ3v) is 1.74. The van der Waals surface area contributed by atoms with Crippen molar-refractivity contribution in [3.63, 3.8) is 0 Å². The quantitative estimate of drug-likeness (QED) is 0.544. The fourth-order valence-electron chi connectivity index (χ4n) is 1.05. The summed E-state index contributed by atoms with van der Waals surface area (Å²) in [6.45, 7) is 1.78. The van der Waals surface area contributed by atoms with Crippen LogP contribution in [0.3, 0.4) is 0 Å². The monoisotopic (exact) mass is 194 g/mol. The molecule has 0 aliphatic carbocycles. The SMILES string of the molecule is CCC(=O)c1ccc(OB(O)O)cc1. The third kappa shape index (κ3) is 2.87. The van der Waals surface area contributed by atoms with Gasteiger partial charge in [-0.05, 0) is 24.3 Å². The first-order chi connectivity index (χ1) is 6.63. The molecule has 0 aliphatic rings. The van der Waals surface area contributed by atoms with Crippen molar-refractivity contribution in [2.75, 3.05) is 0 Å². The zero-order valence-electron chi connectivity index (χ0n) is 7.80. The van der Waals surface area contributed by atoms with Crippen LogP contribution in [0.5, 0.6) is 5.75 Å². The molecular formula is C9H11BO4. The van der Waals surface area contributed by atoms with Crippen LogP contribution in [-0.4, -0.2) is 23.2 Å². The van der Waals surface area contributed by atoms with Crippen molar-refractivity contribution in [1.82, 2.24) is 0 Å². The van der Waals surface area contributed by atoms with E-state index in [1.165, 1.54) is 12.1 Å². The fraction of sp³-hybridized carbons (Fsp3) is 0.222. The number of carbonyl (C=O) groups excluding carboxylic acids is 1. The first-order valence-corrected chi connectivity index (χ1v) is 4.29. The molecule has 4 nitrogen and oxygen atoms in total. The van der Waals surface area contributed by atoms with Crippen LogP contribution < -0.4 is 4.65 Å². The molecule has 5 heteroatoms. The highest BCUT2D eigenvalue weighted by Gasteiger charge is 2.11. The van der Waals surface area contributed by atoms with Gasteiger partial charge in [-0.1, -0.05) is 6.92 Å². The smallest absolute Gasteiger partial charge is 0.512 e. The van der Waals surface area contributed by atoms with E-state index >= 15 is 0 Å². The van der Waals surface area contributed by atoms with Crippen molar-refractivity contribution < 1.29 is 19.5 Å². The number of benzene rings is 1. The van der Waals surface area contributed by atoms with Gasteiger partial charge in [-0.15, -0.1) is 0 Å². The maximum absolute atomic E-state index is 11.2. The summed E-state index contributed by atoms with van der Waals surface area (Å²) in [5, 5.41) is 17.0. The van der Waals surface area contributed by atoms with Gasteiger partial charge in [0.2, 0.25) is 0 Å². The molecule has 0 saturated carbocycles. The van der Waals surface area contributed by atoms with E-state index in [0.29, 0.717) is 17.7 Å². The highest BCUT2D eigenvalue weighted by molar-refractivity contribution is 6.33. The zero-order valence-corrected chi connectivity index (χ0v) is 7.80. The highest BCUT2D eigenvalue weighted by atomic mass is 16.6. The van der Waals surface area contributed by atoms with Crippen molar-refractivity contribution in [2.45, 2.75) is 13.3 Å². The van der Waals surface area contributed by atoms with Gasteiger partial charge < -0.3 is 14.7 Å².